The zero-order chi connectivity index (χ0) is 14.0. The van der Waals surface area contributed by atoms with Crippen molar-refractivity contribution in [3.63, 3.8) is 0 Å². The van der Waals surface area contributed by atoms with Gasteiger partial charge in [0.1, 0.15) is 17.3 Å². The van der Waals surface area contributed by atoms with E-state index in [2.05, 4.69) is 15.3 Å². The fourth-order valence-electron chi connectivity index (χ4n) is 1.28. The average Bonchev–Trinajstić information content (AvgIpc) is 2.25. The molecule has 1 aromatic rings. The van der Waals surface area contributed by atoms with Crippen LogP contribution in [0.15, 0.2) is 6.33 Å². The lowest BCUT2D eigenvalue weighted by atomic mass is 10.2. The normalized spacial score (nSPS) is 12.5. The molecule has 18 heavy (non-hydrogen) atoms. The van der Waals surface area contributed by atoms with Crippen LogP contribution in [0, 0.1) is 0 Å². The van der Waals surface area contributed by atoms with Crippen molar-refractivity contribution < 1.29 is 8.42 Å². The number of nitrogens with one attached hydrogen (secondary N) is 1. The van der Waals surface area contributed by atoms with E-state index >= 15 is 0 Å². The Morgan fingerprint density at radius 1 is 1.39 bits per heavy atom. The fraction of sp³-hybridized carbons (Fsp3) is 0.636. The average molecular weight is 292 g/mol. The van der Waals surface area contributed by atoms with Crippen LogP contribution in [-0.2, 0) is 16.3 Å². The van der Waals surface area contributed by atoms with Crippen molar-refractivity contribution in [3.8, 4) is 0 Å². The molecule has 1 heterocycles. The molecule has 5 nitrogen and oxygen atoms in total. The predicted molar refractivity (Wildman–Crippen MR) is 73.8 cm³/mol. The third kappa shape index (κ3) is 3.32. The highest BCUT2D eigenvalue weighted by Gasteiger charge is 2.30. The summed E-state index contributed by atoms with van der Waals surface area (Å²) in [6.07, 6.45) is 3.26. The molecule has 0 radical (unpaired) electrons. The van der Waals surface area contributed by atoms with Gasteiger partial charge in [-0.15, -0.1) is 0 Å². The van der Waals surface area contributed by atoms with Crippen LogP contribution in [-0.4, -0.2) is 35.9 Å². The lowest BCUT2D eigenvalue weighted by molar-refractivity contribution is 0.559. The van der Waals surface area contributed by atoms with Gasteiger partial charge in [0.25, 0.3) is 0 Å². The Labute approximate surface area is 113 Å². The lowest BCUT2D eigenvalue weighted by Gasteiger charge is -2.23. The second kappa shape index (κ2) is 5.40. The largest absolute Gasteiger partial charge is 0.368 e. The molecule has 0 aromatic carbocycles. The number of rotatable bonds is 5. The Morgan fingerprint density at radius 3 is 2.50 bits per heavy atom. The van der Waals surface area contributed by atoms with E-state index in [9.17, 15) is 8.42 Å². The first-order valence-electron chi connectivity index (χ1n) is 5.62. The maximum atomic E-state index is 11.6. The van der Waals surface area contributed by atoms with Crippen LogP contribution in [0.1, 0.15) is 26.3 Å². The molecule has 0 fully saturated rings. The Kier molecular flexibility index (Phi) is 4.55. The first kappa shape index (κ1) is 15.2. The van der Waals surface area contributed by atoms with Gasteiger partial charge in [-0.25, -0.2) is 18.4 Å². The summed E-state index contributed by atoms with van der Waals surface area (Å²) in [5, 5.41) is 3.43. The van der Waals surface area contributed by atoms with Gasteiger partial charge < -0.3 is 5.32 Å². The van der Waals surface area contributed by atoms with Crippen molar-refractivity contribution in [1.29, 1.82) is 0 Å². The Balaban J connectivity index is 2.91. The van der Waals surface area contributed by atoms with Crippen LogP contribution < -0.4 is 5.32 Å². The minimum absolute atomic E-state index is 0.270. The molecule has 1 aromatic heterocycles. The van der Waals surface area contributed by atoms with Gasteiger partial charge in [-0.2, -0.15) is 0 Å². The van der Waals surface area contributed by atoms with E-state index in [1.54, 1.807) is 13.8 Å². The summed E-state index contributed by atoms with van der Waals surface area (Å²) in [5.41, 5.74) is 0.795. The third-order valence-electron chi connectivity index (χ3n) is 2.93. The molecule has 0 bridgehead atoms. The maximum absolute atomic E-state index is 11.6. The van der Waals surface area contributed by atoms with E-state index in [1.165, 1.54) is 12.6 Å². The molecule has 1 rings (SSSR count). The summed E-state index contributed by atoms with van der Waals surface area (Å²) >= 11 is 5.96. The number of aromatic nitrogens is 2. The van der Waals surface area contributed by atoms with Crippen molar-refractivity contribution in [2.45, 2.75) is 31.9 Å². The van der Waals surface area contributed by atoms with E-state index in [4.69, 9.17) is 11.6 Å². The zero-order valence-corrected chi connectivity index (χ0v) is 12.6. The summed E-state index contributed by atoms with van der Waals surface area (Å²) in [5.74, 6) is 0.592. The molecule has 0 atom stereocenters. The molecule has 0 spiro atoms. The number of hydrogen-bond donors (Lipinski definition) is 1. The molecule has 1 N–H and O–H groups in total. The molecule has 0 saturated carbocycles. The SMILES string of the molecule is CCc1c(Cl)ncnc1NCC(C)(C)S(C)(=O)=O. The summed E-state index contributed by atoms with van der Waals surface area (Å²) in [6, 6.07) is 0. The molecule has 0 aliphatic carbocycles. The zero-order valence-electron chi connectivity index (χ0n) is 11.0. The summed E-state index contributed by atoms with van der Waals surface area (Å²) < 4.78 is 22.3. The monoisotopic (exact) mass is 291 g/mol. The van der Waals surface area contributed by atoms with Crippen LogP contribution in [0.5, 0.6) is 0 Å². The molecule has 0 amide bonds. The fourth-order valence-corrected chi connectivity index (χ4v) is 1.89. The van der Waals surface area contributed by atoms with Crippen molar-refractivity contribution in [1.82, 2.24) is 9.97 Å². The minimum Gasteiger partial charge on any atom is -0.368 e. The van der Waals surface area contributed by atoms with Gasteiger partial charge in [-0.05, 0) is 20.3 Å². The van der Waals surface area contributed by atoms with Crippen LogP contribution in [0.4, 0.5) is 5.82 Å². The molecule has 0 aliphatic heterocycles. The second-order valence-electron chi connectivity index (χ2n) is 4.73. The Bertz CT molecular complexity index is 529. The van der Waals surface area contributed by atoms with Gasteiger partial charge in [-0.3, -0.25) is 0 Å². The molecule has 0 aliphatic rings. The van der Waals surface area contributed by atoms with E-state index in [-0.39, 0.29) is 6.54 Å². The number of nitrogens with zero attached hydrogens (tertiary/aromatic N) is 2. The highest BCUT2D eigenvalue weighted by molar-refractivity contribution is 7.92. The Hall–Kier alpha value is -0.880. The minimum atomic E-state index is -3.14. The van der Waals surface area contributed by atoms with Gasteiger partial charge in [0.2, 0.25) is 0 Å². The smallest absolute Gasteiger partial charge is 0.154 e. The summed E-state index contributed by atoms with van der Waals surface area (Å²) in [4.78, 5) is 7.99. The van der Waals surface area contributed by atoms with E-state index in [0.29, 0.717) is 17.4 Å². The topological polar surface area (TPSA) is 72.0 Å². The first-order valence-corrected chi connectivity index (χ1v) is 7.89. The van der Waals surface area contributed by atoms with Crippen LogP contribution in [0.25, 0.3) is 0 Å². The van der Waals surface area contributed by atoms with Crippen molar-refractivity contribution >= 4 is 27.3 Å². The molecular weight excluding hydrogens is 274 g/mol. The van der Waals surface area contributed by atoms with Crippen molar-refractivity contribution in [3.05, 3.63) is 17.0 Å². The predicted octanol–water partition coefficient (Wildman–Crippen LogP) is 1.93. The van der Waals surface area contributed by atoms with Gasteiger partial charge in [-0.1, -0.05) is 18.5 Å². The summed E-state index contributed by atoms with van der Waals surface area (Å²) in [7, 11) is -3.14. The molecule has 7 heteroatoms. The first-order chi connectivity index (χ1) is 8.19. The van der Waals surface area contributed by atoms with Gasteiger partial charge in [0.05, 0.1) is 4.75 Å². The van der Waals surface area contributed by atoms with Gasteiger partial charge in [0, 0.05) is 18.4 Å². The second-order valence-corrected chi connectivity index (χ2v) is 7.74. The van der Waals surface area contributed by atoms with Crippen molar-refractivity contribution in [2.24, 2.45) is 0 Å². The summed E-state index contributed by atoms with van der Waals surface area (Å²) in [6.45, 7) is 5.55. The number of hydrogen-bond acceptors (Lipinski definition) is 5. The highest BCUT2D eigenvalue weighted by atomic mass is 35.5. The lowest BCUT2D eigenvalue weighted by Crippen LogP contribution is -2.38. The quantitative estimate of drug-likeness (QED) is 0.839. The van der Waals surface area contributed by atoms with Crippen LogP contribution in [0.2, 0.25) is 5.15 Å². The molecular formula is C11H18ClN3O2S. The van der Waals surface area contributed by atoms with Crippen LogP contribution in [0.3, 0.4) is 0 Å². The standard InChI is InChI=1S/C11H18ClN3O2S/c1-5-8-9(12)14-7-15-10(8)13-6-11(2,3)18(4,16)17/h7H,5-6H2,1-4H3,(H,13,14,15). The van der Waals surface area contributed by atoms with Crippen molar-refractivity contribution in [2.75, 3.05) is 18.1 Å². The van der Waals surface area contributed by atoms with Gasteiger partial charge in [0.15, 0.2) is 9.84 Å². The highest BCUT2D eigenvalue weighted by Crippen LogP contribution is 2.22. The van der Waals surface area contributed by atoms with E-state index in [1.807, 2.05) is 6.92 Å². The maximum Gasteiger partial charge on any atom is 0.154 e. The molecule has 0 unspecified atom stereocenters. The number of halogens is 1. The van der Waals surface area contributed by atoms with Crippen LogP contribution >= 0.6 is 11.6 Å². The number of sulfone groups is 1. The van der Waals surface area contributed by atoms with Gasteiger partial charge >= 0.3 is 0 Å². The third-order valence-corrected chi connectivity index (χ3v) is 5.41. The van der Waals surface area contributed by atoms with E-state index in [0.717, 1.165) is 5.56 Å². The van der Waals surface area contributed by atoms with E-state index < -0.39 is 14.6 Å². The Morgan fingerprint density at radius 2 is 2.00 bits per heavy atom. The number of anilines is 1. The molecule has 0 saturated heterocycles. The molecule has 102 valence electrons.